The molecule has 1 aliphatic rings. The van der Waals surface area contributed by atoms with Crippen molar-refractivity contribution in [2.75, 3.05) is 0 Å². The molecule has 2 atom stereocenters. The molecule has 118 valence electrons. The predicted molar refractivity (Wildman–Crippen MR) is 86.1 cm³/mol. The first kappa shape index (κ1) is 17.7. The molecular formula is C18H34O2. The van der Waals surface area contributed by atoms with E-state index in [1.54, 1.807) is 0 Å². The molecule has 0 fully saturated rings. The van der Waals surface area contributed by atoms with Crippen LogP contribution in [0.25, 0.3) is 0 Å². The highest BCUT2D eigenvalue weighted by Gasteiger charge is 2.41. The van der Waals surface area contributed by atoms with E-state index in [1.807, 2.05) is 0 Å². The second-order valence-electron chi connectivity index (χ2n) is 8.37. The van der Waals surface area contributed by atoms with Crippen molar-refractivity contribution < 1.29 is 9.47 Å². The van der Waals surface area contributed by atoms with Crippen LogP contribution < -0.4 is 0 Å². The average molecular weight is 282 g/mol. The zero-order chi connectivity index (χ0) is 15.6. The van der Waals surface area contributed by atoms with Crippen molar-refractivity contribution in [2.45, 2.75) is 104 Å². The van der Waals surface area contributed by atoms with Gasteiger partial charge in [0, 0.05) is 0 Å². The van der Waals surface area contributed by atoms with Gasteiger partial charge in [-0.2, -0.15) is 0 Å². The molecule has 1 aliphatic carbocycles. The van der Waals surface area contributed by atoms with Crippen LogP contribution in [0.5, 0.6) is 0 Å². The molecule has 0 aromatic carbocycles. The van der Waals surface area contributed by atoms with Crippen molar-refractivity contribution in [3.05, 3.63) is 11.6 Å². The Hall–Kier alpha value is -0.340. The van der Waals surface area contributed by atoms with Crippen molar-refractivity contribution >= 4 is 0 Å². The molecule has 1 rings (SSSR count). The summed E-state index contributed by atoms with van der Waals surface area (Å²) in [6, 6.07) is 0. The first-order chi connectivity index (χ1) is 8.91. The summed E-state index contributed by atoms with van der Waals surface area (Å²) in [5.41, 5.74) is 0.972. The van der Waals surface area contributed by atoms with Crippen LogP contribution in [0, 0.1) is 0 Å². The maximum Gasteiger partial charge on any atom is 0.0925 e. The number of hydrogen-bond donors (Lipinski definition) is 0. The molecule has 0 spiro atoms. The molecule has 2 unspecified atom stereocenters. The molecule has 0 amide bonds. The van der Waals surface area contributed by atoms with Gasteiger partial charge in [-0.15, -0.1) is 0 Å². The van der Waals surface area contributed by atoms with Crippen LogP contribution in [0.15, 0.2) is 11.6 Å². The fraction of sp³-hybridized carbons (Fsp3) is 0.889. The second-order valence-corrected chi connectivity index (χ2v) is 8.37. The Morgan fingerprint density at radius 1 is 1.10 bits per heavy atom. The molecule has 0 bridgehead atoms. The van der Waals surface area contributed by atoms with Crippen LogP contribution in [-0.2, 0) is 9.47 Å². The Labute approximate surface area is 125 Å². The normalized spacial score (nSPS) is 32.2. The Bertz CT molecular complexity index is 343. The summed E-state index contributed by atoms with van der Waals surface area (Å²) >= 11 is 0. The van der Waals surface area contributed by atoms with Crippen molar-refractivity contribution in [1.29, 1.82) is 0 Å². The number of ether oxygens (including phenoxy) is 2. The van der Waals surface area contributed by atoms with Gasteiger partial charge >= 0.3 is 0 Å². The van der Waals surface area contributed by atoms with Crippen molar-refractivity contribution in [2.24, 2.45) is 0 Å². The first-order valence-electron chi connectivity index (χ1n) is 7.95. The van der Waals surface area contributed by atoms with Crippen LogP contribution >= 0.6 is 0 Å². The first-order valence-corrected chi connectivity index (χ1v) is 7.95. The van der Waals surface area contributed by atoms with E-state index in [-0.39, 0.29) is 22.9 Å². The van der Waals surface area contributed by atoms with Crippen molar-refractivity contribution in [3.63, 3.8) is 0 Å². The lowest BCUT2D eigenvalue weighted by molar-refractivity contribution is -0.217. The minimum Gasteiger partial charge on any atom is -0.370 e. The molecule has 0 radical (unpaired) electrons. The molecular weight excluding hydrogens is 248 g/mol. The molecule has 0 aromatic heterocycles. The maximum absolute atomic E-state index is 6.46. The fourth-order valence-electron chi connectivity index (χ4n) is 2.92. The van der Waals surface area contributed by atoms with E-state index in [9.17, 15) is 0 Å². The highest BCUT2D eigenvalue weighted by molar-refractivity contribution is 5.04. The molecule has 20 heavy (non-hydrogen) atoms. The fourth-order valence-corrected chi connectivity index (χ4v) is 2.92. The minimum absolute atomic E-state index is 0.134. The smallest absolute Gasteiger partial charge is 0.0925 e. The topological polar surface area (TPSA) is 18.5 Å². The summed E-state index contributed by atoms with van der Waals surface area (Å²) in [6.07, 6.45) is 6.72. The molecule has 0 saturated heterocycles. The van der Waals surface area contributed by atoms with Gasteiger partial charge in [0.15, 0.2) is 0 Å². The molecule has 0 saturated carbocycles. The van der Waals surface area contributed by atoms with E-state index in [1.165, 1.54) is 5.57 Å². The van der Waals surface area contributed by atoms with Crippen LogP contribution in [0.1, 0.15) is 81.1 Å². The summed E-state index contributed by atoms with van der Waals surface area (Å²) in [7, 11) is 0. The van der Waals surface area contributed by atoms with E-state index in [0.717, 1.165) is 25.7 Å². The van der Waals surface area contributed by atoms with Crippen molar-refractivity contribution in [1.82, 2.24) is 0 Å². The van der Waals surface area contributed by atoms with Crippen molar-refractivity contribution in [3.8, 4) is 0 Å². The summed E-state index contributed by atoms with van der Waals surface area (Å²) < 4.78 is 12.8. The molecule has 0 N–H and O–H groups in total. The predicted octanol–water partition coefficient (Wildman–Crippen LogP) is 5.26. The Morgan fingerprint density at radius 3 is 2.20 bits per heavy atom. The van der Waals surface area contributed by atoms with Gasteiger partial charge in [-0.1, -0.05) is 11.6 Å². The molecule has 0 aliphatic heterocycles. The highest BCUT2D eigenvalue weighted by atomic mass is 16.6. The Morgan fingerprint density at radius 2 is 1.70 bits per heavy atom. The van der Waals surface area contributed by atoms with Crippen LogP contribution in [-0.4, -0.2) is 22.9 Å². The zero-order valence-corrected chi connectivity index (χ0v) is 14.8. The van der Waals surface area contributed by atoms with Gasteiger partial charge in [-0.3, -0.25) is 0 Å². The summed E-state index contributed by atoms with van der Waals surface area (Å²) in [6.45, 7) is 17.2. The van der Waals surface area contributed by atoms with Gasteiger partial charge < -0.3 is 9.47 Å². The quantitative estimate of drug-likeness (QED) is 0.643. The van der Waals surface area contributed by atoms with Gasteiger partial charge in [0.25, 0.3) is 0 Å². The standard InChI is InChI=1S/C18H34O2/c1-14-10-9-11-15(19-16(2,3)4)18(8,13-12-14)20-17(5,6)7/h10,15H,9,11-13H2,1-8H3/b14-10-. The third-order valence-electron chi connectivity index (χ3n) is 3.65. The maximum atomic E-state index is 6.46. The average Bonchev–Trinajstić information content (AvgIpc) is 2.19. The van der Waals surface area contributed by atoms with Gasteiger partial charge in [0.05, 0.1) is 22.9 Å². The van der Waals surface area contributed by atoms with Crippen LogP contribution in [0.3, 0.4) is 0 Å². The molecule has 2 nitrogen and oxygen atoms in total. The molecule has 2 heteroatoms. The van der Waals surface area contributed by atoms with Gasteiger partial charge in [0.1, 0.15) is 0 Å². The third kappa shape index (κ3) is 5.97. The summed E-state index contributed by atoms with van der Waals surface area (Å²) in [5.74, 6) is 0. The van der Waals surface area contributed by atoms with Crippen LogP contribution in [0.2, 0.25) is 0 Å². The van der Waals surface area contributed by atoms with Gasteiger partial charge in [-0.05, 0) is 81.1 Å². The number of rotatable bonds is 2. The summed E-state index contributed by atoms with van der Waals surface area (Å²) in [4.78, 5) is 0. The van der Waals surface area contributed by atoms with E-state index in [4.69, 9.17) is 9.47 Å². The lowest BCUT2D eigenvalue weighted by Crippen LogP contribution is -2.50. The lowest BCUT2D eigenvalue weighted by Gasteiger charge is -2.45. The lowest BCUT2D eigenvalue weighted by atomic mass is 9.84. The second kappa shape index (κ2) is 6.19. The van der Waals surface area contributed by atoms with E-state index < -0.39 is 0 Å². The number of allylic oxidation sites excluding steroid dienone is 2. The van der Waals surface area contributed by atoms with Gasteiger partial charge in [0.2, 0.25) is 0 Å². The van der Waals surface area contributed by atoms with E-state index in [0.29, 0.717) is 0 Å². The van der Waals surface area contributed by atoms with Gasteiger partial charge in [-0.25, -0.2) is 0 Å². The highest BCUT2D eigenvalue weighted by Crippen LogP contribution is 2.36. The summed E-state index contributed by atoms with van der Waals surface area (Å²) in [5, 5.41) is 0. The zero-order valence-electron chi connectivity index (χ0n) is 14.8. The minimum atomic E-state index is -0.221. The largest absolute Gasteiger partial charge is 0.370 e. The molecule has 0 aromatic rings. The van der Waals surface area contributed by atoms with Crippen LogP contribution in [0.4, 0.5) is 0 Å². The Kier molecular flexibility index (Phi) is 5.48. The SMILES string of the molecule is C/C1=C/CCC(OC(C)(C)C)C(C)(OC(C)(C)C)CC1. The third-order valence-corrected chi connectivity index (χ3v) is 3.65. The Balaban J connectivity index is 2.98. The van der Waals surface area contributed by atoms with E-state index >= 15 is 0 Å². The number of hydrogen-bond acceptors (Lipinski definition) is 2. The molecule has 0 heterocycles. The van der Waals surface area contributed by atoms with E-state index in [2.05, 4.69) is 61.5 Å². The monoisotopic (exact) mass is 282 g/mol.